The molecule has 1 aliphatic heterocycles. The third-order valence-electron chi connectivity index (χ3n) is 3.32. The average Bonchev–Trinajstić information content (AvgIpc) is 2.52. The van der Waals surface area contributed by atoms with Crippen molar-refractivity contribution in [1.82, 2.24) is 10.2 Å². The van der Waals surface area contributed by atoms with E-state index >= 15 is 0 Å². The third-order valence-corrected chi connectivity index (χ3v) is 3.32. The van der Waals surface area contributed by atoms with E-state index in [-0.39, 0.29) is 12.5 Å². The lowest BCUT2D eigenvalue weighted by Gasteiger charge is -2.33. The third kappa shape index (κ3) is 3.99. The molecule has 5 nitrogen and oxygen atoms in total. The number of hydrogen-bond acceptors (Lipinski definition) is 3. The molecule has 1 aliphatic rings. The van der Waals surface area contributed by atoms with E-state index in [1.54, 1.807) is 0 Å². The Morgan fingerprint density at radius 1 is 1.43 bits per heavy atom. The van der Waals surface area contributed by atoms with E-state index in [1.807, 2.05) is 30.3 Å². The van der Waals surface area contributed by atoms with Crippen LogP contribution >= 0.6 is 0 Å². The number of rotatable bonds is 5. The summed E-state index contributed by atoms with van der Waals surface area (Å²) in [7, 11) is 0. The van der Waals surface area contributed by atoms with Crippen LogP contribution in [0.3, 0.4) is 0 Å². The smallest absolute Gasteiger partial charge is 0.410 e. The monoisotopic (exact) mass is 286 g/mol. The van der Waals surface area contributed by atoms with Crippen LogP contribution in [0.1, 0.15) is 12.0 Å². The largest absolute Gasteiger partial charge is 0.449 e. The molecule has 1 atom stereocenters. The Bertz CT molecular complexity index is 536. The molecule has 1 fully saturated rings. The second kappa shape index (κ2) is 7.34. The van der Waals surface area contributed by atoms with Crippen molar-refractivity contribution < 1.29 is 14.3 Å². The highest BCUT2D eigenvalue weighted by Crippen LogP contribution is 2.14. The number of terminal acetylenes is 1. The molecule has 2 amide bonds. The van der Waals surface area contributed by atoms with Gasteiger partial charge in [-0.2, -0.15) is 0 Å². The van der Waals surface area contributed by atoms with Crippen LogP contribution in [-0.4, -0.2) is 42.6 Å². The summed E-state index contributed by atoms with van der Waals surface area (Å²) in [5.41, 5.74) is 0.983. The lowest BCUT2D eigenvalue weighted by atomic mass is 10.0. The summed E-state index contributed by atoms with van der Waals surface area (Å²) in [6.07, 6.45) is 5.88. The zero-order valence-electron chi connectivity index (χ0n) is 11.7. The molecule has 0 aliphatic carbocycles. The molecule has 1 N–H and O–H groups in total. The molecule has 1 aromatic rings. The molecule has 1 saturated heterocycles. The highest BCUT2D eigenvalue weighted by molar-refractivity contribution is 5.86. The Labute approximate surface area is 124 Å². The maximum atomic E-state index is 12.3. The summed E-state index contributed by atoms with van der Waals surface area (Å²) >= 11 is 0. The van der Waals surface area contributed by atoms with Gasteiger partial charge in [0, 0.05) is 13.0 Å². The predicted molar refractivity (Wildman–Crippen MR) is 78.4 cm³/mol. The second-order valence-electron chi connectivity index (χ2n) is 4.79. The summed E-state index contributed by atoms with van der Waals surface area (Å²) in [6.45, 7) is 1.06. The number of benzene rings is 1. The van der Waals surface area contributed by atoms with Crippen LogP contribution in [0, 0.1) is 12.3 Å². The summed E-state index contributed by atoms with van der Waals surface area (Å²) in [5.74, 6) is 2.11. The van der Waals surface area contributed by atoms with Crippen LogP contribution < -0.4 is 5.32 Å². The minimum Gasteiger partial charge on any atom is -0.449 e. The van der Waals surface area contributed by atoms with Gasteiger partial charge in [0.1, 0.15) is 6.04 Å². The van der Waals surface area contributed by atoms with Crippen molar-refractivity contribution >= 4 is 12.0 Å². The first-order chi connectivity index (χ1) is 10.2. The topological polar surface area (TPSA) is 58.6 Å². The zero-order valence-corrected chi connectivity index (χ0v) is 11.7. The highest BCUT2D eigenvalue weighted by Gasteiger charge is 2.32. The number of cyclic esters (lactones) is 1. The molecule has 0 spiro atoms. The maximum Gasteiger partial charge on any atom is 0.410 e. The van der Waals surface area contributed by atoms with Gasteiger partial charge >= 0.3 is 6.09 Å². The Balaban J connectivity index is 2.15. The summed E-state index contributed by atoms with van der Waals surface area (Å²) < 4.78 is 5.03. The van der Waals surface area contributed by atoms with Gasteiger partial charge in [-0.05, 0) is 12.0 Å². The van der Waals surface area contributed by atoms with Gasteiger partial charge < -0.3 is 10.1 Å². The first-order valence-electron chi connectivity index (χ1n) is 6.91. The number of amides is 2. The van der Waals surface area contributed by atoms with E-state index in [9.17, 15) is 9.59 Å². The van der Waals surface area contributed by atoms with Gasteiger partial charge in [0.25, 0.3) is 0 Å². The number of ether oxygens (including phenoxy) is 1. The molecule has 0 saturated carbocycles. The van der Waals surface area contributed by atoms with Crippen molar-refractivity contribution in [2.75, 3.05) is 19.7 Å². The van der Waals surface area contributed by atoms with Gasteiger partial charge in [-0.25, -0.2) is 4.79 Å². The number of hydrogen-bond donors (Lipinski definition) is 1. The van der Waals surface area contributed by atoms with E-state index in [0.717, 1.165) is 12.0 Å². The minimum atomic E-state index is -0.603. The lowest BCUT2D eigenvalue weighted by molar-refractivity contribution is -0.126. The molecule has 0 bridgehead atoms. The van der Waals surface area contributed by atoms with Gasteiger partial charge in [-0.3, -0.25) is 9.69 Å². The van der Waals surface area contributed by atoms with Crippen molar-refractivity contribution in [1.29, 1.82) is 0 Å². The van der Waals surface area contributed by atoms with Crippen LogP contribution in [0.15, 0.2) is 30.3 Å². The van der Waals surface area contributed by atoms with Crippen LogP contribution in [0.2, 0.25) is 0 Å². The standard InChI is InChI=1S/C16H18N2O3/c1-2-9-17-15(19)14(12-13-7-4-3-5-8-13)18-10-6-11-21-16(18)20/h1,3-5,7-8,14H,6,9-12H2,(H,17,19)/t14-/m1/s1. The summed E-state index contributed by atoms with van der Waals surface area (Å²) in [5, 5.41) is 2.65. The molecule has 2 rings (SSSR count). The van der Waals surface area contributed by atoms with E-state index in [2.05, 4.69) is 11.2 Å². The molecular formula is C16H18N2O3. The van der Waals surface area contributed by atoms with E-state index in [4.69, 9.17) is 11.2 Å². The molecule has 5 heteroatoms. The van der Waals surface area contributed by atoms with E-state index in [1.165, 1.54) is 4.90 Å². The van der Waals surface area contributed by atoms with Gasteiger partial charge in [0.2, 0.25) is 5.91 Å². The Morgan fingerprint density at radius 2 is 2.19 bits per heavy atom. The fraction of sp³-hybridized carbons (Fsp3) is 0.375. The van der Waals surface area contributed by atoms with Gasteiger partial charge in [0.15, 0.2) is 0 Å². The number of carbonyl (C=O) groups is 2. The quantitative estimate of drug-likeness (QED) is 0.827. The lowest BCUT2D eigenvalue weighted by Crippen LogP contribution is -2.53. The molecule has 110 valence electrons. The van der Waals surface area contributed by atoms with Crippen molar-refractivity contribution in [2.24, 2.45) is 0 Å². The number of nitrogens with zero attached hydrogens (tertiary/aromatic N) is 1. The molecule has 21 heavy (non-hydrogen) atoms. The Kier molecular flexibility index (Phi) is 5.22. The van der Waals surface area contributed by atoms with Crippen LogP contribution in [0.25, 0.3) is 0 Å². The molecular weight excluding hydrogens is 268 g/mol. The fourth-order valence-electron chi connectivity index (χ4n) is 2.29. The maximum absolute atomic E-state index is 12.3. The van der Waals surface area contributed by atoms with Gasteiger partial charge in [-0.15, -0.1) is 6.42 Å². The number of carbonyl (C=O) groups excluding carboxylic acids is 2. The van der Waals surface area contributed by atoms with Gasteiger partial charge in [-0.1, -0.05) is 36.3 Å². The average molecular weight is 286 g/mol. The predicted octanol–water partition coefficient (Wildman–Crippen LogP) is 1.19. The first-order valence-corrected chi connectivity index (χ1v) is 6.91. The van der Waals surface area contributed by atoms with Crippen molar-refractivity contribution in [3.05, 3.63) is 35.9 Å². The highest BCUT2D eigenvalue weighted by atomic mass is 16.6. The first kappa shape index (κ1) is 14.9. The molecule has 1 heterocycles. The second-order valence-corrected chi connectivity index (χ2v) is 4.79. The SMILES string of the molecule is C#CCNC(=O)[C@@H](Cc1ccccc1)N1CCCOC1=O. The minimum absolute atomic E-state index is 0.146. The Hall–Kier alpha value is -2.48. The van der Waals surface area contributed by atoms with Crippen molar-refractivity contribution in [2.45, 2.75) is 18.9 Å². The van der Waals surface area contributed by atoms with Crippen molar-refractivity contribution in [3.63, 3.8) is 0 Å². The van der Waals surface area contributed by atoms with Gasteiger partial charge in [0.05, 0.1) is 13.2 Å². The van der Waals surface area contributed by atoms with Crippen LogP contribution in [0.5, 0.6) is 0 Å². The molecule has 0 aromatic heterocycles. The van der Waals surface area contributed by atoms with E-state index < -0.39 is 12.1 Å². The summed E-state index contributed by atoms with van der Waals surface area (Å²) in [4.78, 5) is 25.7. The molecule has 0 radical (unpaired) electrons. The normalized spacial score (nSPS) is 15.8. The van der Waals surface area contributed by atoms with Crippen molar-refractivity contribution in [3.8, 4) is 12.3 Å². The Morgan fingerprint density at radius 3 is 2.86 bits per heavy atom. The zero-order chi connectivity index (χ0) is 15.1. The summed E-state index contributed by atoms with van der Waals surface area (Å²) in [6, 6.07) is 8.97. The van der Waals surface area contributed by atoms with Crippen LogP contribution in [0.4, 0.5) is 4.79 Å². The number of nitrogens with one attached hydrogen (secondary N) is 1. The van der Waals surface area contributed by atoms with E-state index in [0.29, 0.717) is 19.6 Å². The van der Waals surface area contributed by atoms with Crippen LogP contribution in [-0.2, 0) is 16.0 Å². The molecule has 0 unspecified atom stereocenters. The fourth-order valence-corrected chi connectivity index (χ4v) is 2.29. The molecule has 1 aromatic carbocycles.